The third kappa shape index (κ3) is 6.63. The minimum Gasteiger partial charge on any atom is -0.489 e. The number of ether oxygens (including phenoxy) is 1. The Hall–Kier alpha value is -3.85. The largest absolute Gasteiger partial charge is 0.489 e. The molecule has 0 spiro atoms. The van der Waals surface area contributed by atoms with Crippen molar-refractivity contribution in [2.45, 2.75) is 12.8 Å². The topological polar surface area (TPSA) is 61.9 Å². The molecule has 1 saturated heterocycles. The fraction of sp³-hybridized carbons (Fsp3) is 0.259. The molecule has 36 heavy (non-hydrogen) atoms. The molecule has 0 bridgehead atoms. The Morgan fingerprint density at radius 1 is 0.861 bits per heavy atom. The molecule has 1 heterocycles. The number of halogens is 3. The first kappa shape index (κ1) is 25.2. The summed E-state index contributed by atoms with van der Waals surface area (Å²) in [6.07, 6.45) is -4.56. The van der Waals surface area contributed by atoms with Gasteiger partial charge in [-0.05, 0) is 35.9 Å². The highest BCUT2D eigenvalue weighted by Crippen LogP contribution is 2.34. The zero-order valence-corrected chi connectivity index (χ0v) is 19.5. The first-order chi connectivity index (χ1) is 17.3. The summed E-state index contributed by atoms with van der Waals surface area (Å²) < 4.78 is 45.3. The van der Waals surface area contributed by atoms with Gasteiger partial charge in [0, 0.05) is 31.7 Å². The minimum atomic E-state index is -4.56. The Balaban J connectivity index is 1.28. The van der Waals surface area contributed by atoms with E-state index >= 15 is 0 Å². The number of benzene rings is 3. The molecule has 1 aliphatic rings. The van der Waals surface area contributed by atoms with Crippen molar-refractivity contribution < 1.29 is 27.5 Å². The van der Waals surface area contributed by atoms with Gasteiger partial charge in [-0.2, -0.15) is 13.2 Å². The SMILES string of the molecule is O=C(CN1CCN(C(=O)c2cccc(OCc3ccccc3)c2)CC1)Nc1ccccc1C(F)(F)F. The molecule has 0 saturated carbocycles. The van der Waals surface area contributed by atoms with Crippen molar-refractivity contribution in [1.82, 2.24) is 9.80 Å². The van der Waals surface area contributed by atoms with Crippen molar-refractivity contribution in [1.29, 1.82) is 0 Å². The summed E-state index contributed by atoms with van der Waals surface area (Å²) in [5.74, 6) is -0.0720. The van der Waals surface area contributed by atoms with Gasteiger partial charge < -0.3 is 15.0 Å². The second kappa shape index (κ2) is 11.3. The van der Waals surface area contributed by atoms with Crippen molar-refractivity contribution in [3.8, 4) is 5.75 Å². The lowest BCUT2D eigenvalue weighted by Crippen LogP contribution is -2.50. The zero-order chi connectivity index (χ0) is 25.5. The molecule has 9 heteroatoms. The summed E-state index contributed by atoms with van der Waals surface area (Å²) in [4.78, 5) is 28.9. The van der Waals surface area contributed by atoms with Crippen LogP contribution in [0.1, 0.15) is 21.5 Å². The molecule has 0 radical (unpaired) electrons. The van der Waals surface area contributed by atoms with Gasteiger partial charge in [0.25, 0.3) is 5.91 Å². The number of anilines is 1. The van der Waals surface area contributed by atoms with E-state index in [1.54, 1.807) is 29.2 Å². The molecular weight excluding hydrogens is 471 g/mol. The summed E-state index contributed by atoms with van der Waals surface area (Å²) in [5.41, 5.74) is 0.383. The number of piperazine rings is 1. The van der Waals surface area contributed by atoms with E-state index in [9.17, 15) is 22.8 Å². The summed E-state index contributed by atoms with van der Waals surface area (Å²) in [5, 5.41) is 2.36. The van der Waals surface area contributed by atoms with Crippen molar-refractivity contribution in [3.63, 3.8) is 0 Å². The molecule has 0 aliphatic carbocycles. The van der Waals surface area contributed by atoms with Crippen LogP contribution in [-0.2, 0) is 17.6 Å². The third-order valence-corrected chi connectivity index (χ3v) is 5.86. The average Bonchev–Trinajstić information content (AvgIpc) is 2.88. The van der Waals surface area contributed by atoms with Gasteiger partial charge in [-0.25, -0.2) is 0 Å². The molecule has 0 unspecified atom stereocenters. The quantitative estimate of drug-likeness (QED) is 0.515. The molecule has 3 aromatic carbocycles. The van der Waals surface area contributed by atoms with Crippen molar-refractivity contribution in [2.75, 3.05) is 38.0 Å². The Morgan fingerprint density at radius 2 is 1.56 bits per heavy atom. The van der Waals surface area contributed by atoms with E-state index in [2.05, 4.69) is 5.32 Å². The summed E-state index contributed by atoms with van der Waals surface area (Å²) in [7, 11) is 0. The molecule has 1 N–H and O–H groups in total. The highest BCUT2D eigenvalue weighted by Gasteiger charge is 2.33. The van der Waals surface area contributed by atoms with Gasteiger partial charge >= 0.3 is 6.18 Å². The number of nitrogens with zero attached hydrogens (tertiary/aromatic N) is 2. The molecule has 4 rings (SSSR count). The predicted octanol–water partition coefficient (Wildman–Crippen LogP) is 4.68. The highest BCUT2D eigenvalue weighted by atomic mass is 19.4. The third-order valence-electron chi connectivity index (χ3n) is 5.86. The predicted molar refractivity (Wildman–Crippen MR) is 130 cm³/mol. The van der Waals surface area contributed by atoms with E-state index in [0.717, 1.165) is 11.6 Å². The lowest BCUT2D eigenvalue weighted by Gasteiger charge is -2.34. The minimum absolute atomic E-state index is 0.0585. The van der Waals surface area contributed by atoms with E-state index in [4.69, 9.17) is 4.74 Å². The monoisotopic (exact) mass is 497 g/mol. The number of hydrogen-bond donors (Lipinski definition) is 1. The average molecular weight is 498 g/mol. The Morgan fingerprint density at radius 3 is 2.28 bits per heavy atom. The van der Waals surface area contributed by atoms with Gasteiger partial charge in [-0.3, -0.25) is 14.5 Å². The fourth-order valence-electron chi connectivity index (χ4n) is 3.98. The van der Waals surface area contributed by atoms with Gasteiger partial charge in [-0.1, -0.05) is 48.5 Å². The van der Waals surface area contributed by atoms with Crippen molar-refractivity contribution in [3.05, 3.63) is 95.6 Å². The molecule has 6 nitrogen and oxygen atoms in total. The molecule has 1 fully saturated rings. The van der Waals surface area contributed by atoms with Gasteiger partial charge in [0.2, 0.25) is 5.91 Å². The van der Waals surface area contributed by atoms with Gasteiger partial charge in [-0.15, -0.1) is 0 Å². The summed E-state index contributed by atoms with van der Waals surface area (Å²) in [6.45, 7) is 2.01. The van der Waals surface area contributed by atoms with Crippen LogP contribution in [0.5, 0.6) is 5.75 Å². The molecule has 2 amide bonds. The molecule has 1 aliphatic heterocycles. The fourth-order valence-corrected chi connectivity index (χ4v) is 3.98. The molecule has 0 atom stereocenters. The number of amides is 2. The molecule has 0 aromatic heterocycles. The summed E-state index contributed by atoms with van der Waals surface area (Å²) in [6, 6.07) is 21.6. The van der Waals surface area contributed by atoms with Crippen LogP contribution < -0.4 is 10.1 Å². The normalized spacial score (nSPS) is 14.4. The number of para-hydroxylation sites is 1. The maximum absolute atomic E-state index is 13.2. The number of carbonyl (C=O) groups excluding carboxylic acids is 2. The zero-order valence-electron chi connectivity index (χ0n) is 19.5. The van der Waals surface area contributed by atoms with Crippen LogP contribution >= 0.6 is 0 Å². The summed E-state index contributed by atoms with van der Waals surface area (Å²) >= 11 is 0. The number of alkyl halides is 3. The lowest BCUT2D eigenvalue weighted by atomic mass is 10.1. The van der Waals surface area contributed by atoms with E-state index in [0.29, 0.717) is 44.1 Å². The van der Waals surface area contributed by atoms with Crippen LogP contribution in [0, 0.1) is 0 Å². The molecular formula is C27H26F3N3O3. The maximum atomic E-state index is 13.2. The van der Waals surface area contributed by atoms with E-state index in [1.807, 2.05) is 35.2 Å². The standard InChI is InChI=1S/C27H26F3N3O3/c28-27(29,30)23-11-4-5-12-24(23)31-25(34)18-32-13-15-33(16-14-32)26(35)21-9-6-10-22(17-21)36-19-20-7-2-1-3-8-20/h1-12,17H,13-16,18-19H2,(H,31,34). The van der Waals surface area contributed by atoms with Gasteiger partial charge in [0.1, 0.15) is 12.4 Å². The Labute approximate surface area is 207 Å². The van der Waals surface area contributed by atoms with Crippen LogP contribution in [0.4, 0.5) is 18.9 Å². The number of nitrogens with one attached hydrogen (secondary N) is 1. The Kier molecular flexibility index (Phi) is 7.90. The smallest absolute Gasteiger partial charge is 0.418 e. The van der Waals surface area contributed by atoms with Gasteiger partial charge in [0.15, 0.2) is 0 Å². The van der Waals surface area contributed by atoms with Crippen LogP contribution in [0.2, 0.25) is 0 Å². The maximum Gasteiger partial charge on any atom is 0.418 e. The lowest BCUT2D eigenvalue weighted by molar-refractivity contribution is -0.137. The van der Waals surface area contributed by atoms with Crippen LogP contribution in [0.3, 0.4) is 0 Å². The highest BCUT2D eigenvalue weighted by molar-refractivity contribution is 5.95. The van der Waals surface area contributed by atoms with Gasteiger partial charge in [0.05, 0.1) is 17.8 Å². The van der Waals surface area contributed by atoms with E-state index < -0.39 is 17.6 Å². The second-order valence-electron chi connectivity index (χ2n) is 8.46. The van der Waals surface area contributed by atoms with E-state index in [-0.39, 0.29) is 18.1 Å². The van der Waals surface area contributed by atoms with Crippen molar-refractivity contribution >= 4 is 17.5 Å². The Bertz CT molecular complexity index is 1190. The first-order valence-electron chi connectivity index (χ1n) is 11.5. The second-order valence-corrected chi connectivity index (χ2v) is 8.46. The van der Waals surface area contributed by atoms with Crippen LogP contribution in [-0.4, -0.2) is 54.3 Å². The number of carbonyl (C=O) groups is 2. The van der Waals surface area contributed by atoms with E-state index in [1.165, 1.54) is 18.2 Å². The van der Waals surface area contributed by atoms with Crippen LogP contribution in [0.15, 0.2) is 78.9 Å². The van der Waals surface area contributed by atoms with Crippen molar-refractivity contribution in [2.24, 2.45) is 0 Å². The molecule has 188 valence electrons. The molecule has 3 aromatic rings. The number of rotatable bonds is 7. The number of hydrogen-bond acceptors (Lipinski definition) is 4. The first-order valence-corrected chi connectivity index (χ1v) is 11.5. The van der Waals surface area contributed by atoms with Crippen LogP contribution in [0.25, 0.3) is 0 Å².